The van der Waals surface area contributed by atoms with E-state index >= 15 is 0 Å². The molecule has 0 saturated carbocycles. The van der Waals surface area contributed by atoms with E-state index in [1.165, 1.54) is 0 Å². The zero-order chi connectivity index (χ0) is 17.4. The lowest BCUT2D eigenvalue weighted by atomic mass is 10.0. The van der Waals surface area contributed by atoms with Crippen molar-refractivity contribution in [2.24, 2.45) is 5.92 Å². The Morgan fingerprint density at radius 2 is 1.91 bits per heavy atom. The highest BCUT2D eigenvalue weighted by Crippen LogP contribution is 2.25. The van der Waals surface area contributed by atoms with Gasteiger partial charge in [0.05, 0.1) is 17.3 Å². The topological polar surface area (TPSA) is 49.4 Å². The molecule has 23 heavy (non-hydrogen) atoms. The first-order valence-corrected chi connectivity index (χ1v) is 8.68. The van der Waals surface area contributed by atoms with Crippen LogP contribution in [0.25, 0.3) is 0 Å². The van der Waals surface area contributed by atoms with Gasteiger partial charge in [-0.2, -0.15) is 0 Å². The molecular weight excluding hydrogens is 335 g/mol. The predicted molar refractivity (Wildman–Crippen MR) is 96.0 cm³/mol. The molecule has 0 aromatic heterocycles. The van der Waals surface area contributed by atoms with Crippen molar-refractivity contribution in [3.05, 3.63) is 28.2 Å². The van der Waals surface area contributed by atoms with Crippen LogP contribution in [0.2, 0.25) is 10.0 Å². The third-order valence-corrected chi connectivity index (χ3v) is 4.04. The Hall–Kier alpha value is -1.26. The number of hydrogen-bond acceptors (Lipinski definition) is 2. The van der Waals surface area contributed by atoms with Crippen molar-refractivity contribution in [1.29, 1.82) is 0 Å². The molecule has 2 amide bonds. The highest BCUT2D eigenvalue weighted by atomic mass is 35.5. The van der Waals surface area contributed by atoms with Crippen LogP contribution in [0.4, 0.5) is 5.69 Å². The van der Waals surface area contributed by atoms with Crippen molar-refractivity contribution in [1.82, 2.24) is 4.90 Å². The van der Waals surface area contributed by atoms with Crippen molar-refractivity contribution in [3.63, 3.8) is 0 Å². The monoisotopic (exact) mass is 358 g/mol. The molecule has 0 heterocycles. The first-order chi connectivity index (χ1) is 10.9. The molecule has 0 fully saturated rings. The lowest BCUT2D eigenvalue weighted by Gasteiger charge is -2.25. The molecule has 4 nitrogen and oxygen atoms in total. The number of amides is 2. The Morgan fingerprint density at radius 1 is 1.22 bits per heavy atom. The average molecular weight is 359 g/mol. The maximum absolute atomic E-state index is 12.4. The smallest absolute Gasteiger partial charge is 0.244 e. The van der Waals surface area contributed by atoms with Crippen molar-refractivity contribution in [2.45, 2.75) is 40.0 Å². The van der Waals surface area contributed by atoms with Crippen LogP contribution in [-0.2, 0) is 9.59 Å². The molecule has 0 aliphatic rings. The summed E-state index contributed by atoms with van der Waals surface area (Å²) in [7, 11) is 0. The van der Waals surface area contributed by atoms with Gasteiger partial charge in [-0.15, -0.1) is 0 Å². The van der Waals surface area contributed by atoms with E-state index in [0.717, 1.165) is 19.3 Å². The molecule has 1 aromatic rings. The van der Waals surface area contributed by atoms with Crippen LogP contribution in [0.1, 0.15) is 40.0 Å². The summed E-state index contributed by atoms with van der Waals surface area (Å²) < 4.78 is 0. The van der Waals surface area contributed by atoms with Gasteiger partial charge in [-0.1, -0.05) is 50.4 Å². The van der Waals surface area contributed by atoms with E-state index in [-0.39, 0.29) is 24.3 Å². The molecule has 128 valence electrons. The molecule has 6 heteroatoms. The minimum Gasteiger partial charge on any atom is -0.333 e. The standard InChI is InChI=1S/C17H24Cl2N2O2/c1-4-6-12(3)17(23)21(9-5-2)11-16(22)20-15-8-7-13(18)10-14(15)19/h7-8,10,12H,4-6,9,11H2,1-3H3,(H,20,22). The summed E-state index contributed by atoms with van der Waals surface area (Å²) in [6, 6.07) is 4.87. The molecule has 0 aliphatic carbocycles. The first kappa shape index (κ1) is 19.8. The van der Waals surface area contributed by atoms with E-state index in [9.17, 15) is 9.59 Å². The normalized spacial score (nSPS) is 11.9. The van der Waals surface area contributed by atoms with Gasteiger partial charge in [-0.3, -0.25) is 9.59 Å². The van der Waals surface area contributed by atoms with Gasteiger partial charge >= 0.3 is 0 Å². The van der Waals surface area contributed by atoms with Gasteiger partial charge in [0.15, 0.2) is 0 Å². The van der Waals surface area contributed by atoms with Crippen molar-refractivity contribution in [3.8, 4) is 0 Å². The van der Waals surface area contributed by atoms with Crippen molar-refractivity contribution < 1.29 is 9.59 Å². The number of hydrogen-bond donors (Lipinski definition) is 1. The second-order valence-electron chi connectivity index (χ2n) is 5.62. The van der Waals surface area contributed by atoms with Gasteiger partial charge in [-0.05, 0) is 31.0 Å². The second kappa shape index (κ2) is 9.78. The first-order valence-electron chi connectivity index (χ1n) is 7.92. The lowest BCUT2D eigenvalue weighted by molar-refractivity contribution is -0.138. The average Bonchev–Trinajstić information content (AvgIpc) is 2.49. The molecule has 1 N–H and O–H groups in total. The molecule has 0 saturated heterocycles. The van der Waals surface area contributed by atoms with Crippen LogP contribution in [0.3, 0.4) is 0 Å². The van der Waals surface area contributed by atoms with Gasteiger partial charge in [0.25, 0.3) is 0 Å². The van der Waals surface area contributed by atoms with E-state index in [2.05, 4.69) is 5.32 Å². The van der Waals surface area contributed by atoms with Crippen LogP contribution in [-0.4, -0.2) is 29.8 Å². The zero-order valence-electron chi connectivity index (χ0n) is 13.9. The van der Waals surface area contributed by atoms with Crippen LogP contribution in [0.15, 0.2) is 18.2 Å². The van der Waals surface area contributed by atoms with E-state index in [1.54, 1.807) is 23.1 Å². The van der Waals surface area contributed by atoms with Crippen LogP contribution in [0.5, 0.6) is 0 Å². The predicted octanol–water partition coefficient (Wildman–Crippen LogP) is 4.61. The summed E-state index contributed by atoms with van der Waals surface area (Å²) in [6.07, 6.45) is 2.57. The molecule has 1 aromatic carbocycles. The molecule has 0 bridgehead atoms. The Bertz CT molecular complexity index is 549. The number of nitrogens with zero attached hydrogens (tertiary/aromatic N) is 1. The number of anilines is 1. The molecule has 0 aliphatic heterocycles. The summed E-state index contributed by atoms with van der Waals surface area (Å²) in [6.45, 7) is 6.53. The molecule has 0 spiro atoms. The number of halogens is 2. The maximum Gasteiger partial charge on any atom is 0.244 e. The maximum atomic E-state index is 12.4. The van der Waals surface area contributed by atoms with E-state index in [1.807, 2.05) is 20.8 Å². The van der Waals surface area contributed by atoms with Crippen LogP contribution in [0, 0.1) is 5.92 Å². The summed E-state index contributed by atoms with van der Waals surface area (Å²) in [4.78, 5) is 26.3. The van der Waals surface area contributed by atoms with Crippen LogP contribution >= 0.6 is 23.2 Å². The second-order valence-corrected chi connectivity index (χ2v) is 6.47. The largest absolute Gasteiger partial charge is 0.333 e. The Labute approximate surface area is 148 Å². The fraction of sp³-hybridized carbons (Fsp3) is 0.529. The van der Waals surface area contributed by atoms with E-state index in [0.29, 0.717) is 22.3 Å². The Kier molecular flexibility index (Phi) is 8.42. The molecule has 1 rings (SSSR count). The quantitative estimate of drug-likeness (QED) is 0.737. The fourth-order valence-corrected chi connectivity index (χ4v) is 2.81. The van der Waals surface area contributed by atoms with Gasteiger partial charge in [0.2, 0.25) is 11.8 Å². The lowest BCUT2D eigenvalue weighted by Crippen LogP contribution is -2.41. The Balaban J connectivity index is 2.72. The SMILES string of the molecule is CCCC(C)C(=O)N(CCC)CC(=O)Nc1ccc(Cl)cc1Cl. The number of benzene rings is 1. The van der Waals surface area contributed by atoms with Crippen molar-refractivity contribution >= 4 is 40.7 Å². The zero-order valence-corrected chi connectivity index (χ0v) is 15.4. The number of carbonyl (C=O) groups excluding carboxylic acids is 2. The highest BCUT2D eigenvalue weighted by Gasteiger charge is 2.21. The van der Waals surface area contributed by atoms with E-state index in [4.69, 9.17) is 23.2 Å². The highest BCUT2D eigenvalue weighted by molar-refractivity contribution is 6.36. The number of rotatable bonds is 8. The molecule has 0 radical (unpaired) electrons. The third kappa shape index (κ3) is 6.40. The molecular formula is C17H24Cl2N2O2. The minimum atomic E-state index is -0.264. The summed E-state index contributed by atoms with van der Waals surface area (Å²) in [5.41, 5.74) is 0.492. The fourth-order valence-electron chi connectivity index (χ4n) is 2.36. The Morgan fingerprint density at radius 3 is 2.48 bits per heavy atom. The minimum absolute atomic E-state index is 0.0195. The molecule has 1 atom stereocenters. The third-order valence-electron chi connectivity index (χ3n) is 3.49. The van der Waals surface area contributed by atoms with Gasteiger partial charge < -0.3 is 10.2 Å². The number of carbonyl (C=O) groups is 2. The van der Waals surface area contributed by atoms with Crippen molar-refractivity contribution in [2.75, 3.05) is 18.4 Å². The van der Waals surface area contributed by atoms with E-state index < -0.39 is 0 Å². The van der Waals surface area contributed by atoms with Crippen LogP contribution < -0.4 is 5.32 Å². The van der Waals surface area contributed by atoms with Gasteiger partial charge in [-0.25, -0.2) is 0 Å². The van der Waals surface area contributed by atoms with Gasteiger partial charge in [0, 0.05) is 17.5 Å². The summed E-state index contributed by atoms with van der Waals surface area (Å²) >= 11 is 11.9. The van der Waals surface area contributed by atoms with Gasteiger partial charge in [0.1, 0.15) is 0 Å². The summed E-state index contributed by atoms with van der Waals surface area (Å²) in [5.74, 6) is -0.316. The number of nitrogens with one attached hydrogen (secondary N) is 1. The molecule has 1 unspecified atom stereocenters. The summed E-state index contributed by atoms with van der Waals surface area (Å²) in [5, 5.41) is 3.61.